The molecule has 2 aliphatic rings. The topological polar surface area (TPSA) is 72.5 Å². The highest BCUT2D eigenvalue weighted by Gasteiger charge is 2.28. The van der Waals surface area contributed by atoms with Gasteiger partial charge in [0, 0.05) is 17.5 Å². The third-order valence-electron chi connectivity index (χ3n) is 6.75. The van der Waals surface area contributed by atoms with Crippen molar-refractivity contribution in [2.75, 3.05) is 12.8 Å². The normalized spacial score (nSPS) is 17.5. The Morgan fingerprint density at radius 2 is 1.82 bits per heavy atom. The summed E-state index contributed by atoms with van der Waals surface area (Å²) in [5, 5.41) is 5.77. The molecular formula is C27H26N4OS. The summed E-state index contributed by atoms with van der Waals surface area (Å²) in [4.78, 5) is 7.16. The van der Waals surface area contributed by atoms with Crippen molar-refractivity contribution in [3.05, 3.63) is 76.3 Å². The number of thiophene rings is 1. The number of nitrogen functional groups attached to an aromatic ring is 1. The molecular weight excluding hydrogens is 428 g/mol. The number of anilines is 1. The van der Waals surface area contributed by atoms with E-state index in [4.69, 9.17) is 20.6 Å². The highest BCUT2D eigenvalue weighted by Crippen LogP contribution is 2.45. The molecule has 6 rings (SSSR count). The summed E-state index contributed by atoms with van der Waals surface area (Å²) in [6.45, 7) is 0. The number of benzene rings is 2. The summed E-state index contributed by atoms with van der Waals surface area (Å²) in [6, 6.07) is 19.0. The van der Waals surface area contributed by atoms with Crippen LogP contribution in [0, 0.1) is 0 Å². The molecule has 2 aromatic heterocycles. The number of aryl methyl sites for hydroxylation is 1. The van der Waals surface area contributed by atoms with Gasteiger partial charge in [-0.05, 0) is 60.1 Å². The minimum atomic E-state index is 0.174. The fourth-order valence-electron chi connectivity index (χ4n) is 5.06. The summed E-state index contributed by atoms with van der Waals surface area (Å²) >= 11 is 1.68. The maximum absolute atomic E-state index is 6.87. The van der Waals surface area contributed by atoms with Gasteiger partial charge in [-0.1, -0.05) is 42.5 Å². The SMILES string of the molecule is COc1ccc(-c2c3c(nc4sc(C5=NNC(c6ccccc6)C5)c(N)c24)CCCC3)cc1. The van der Waals surface area contributed by atoms with Gasteiger partial charge in [-0.25, -0.2) is 4.98 Å². The van der Waals surface area contributed by atoms with Crippen molar-refractivity contribution >= 4 is 33.0 Å². The molecule has 4 aromatic rings. The second-order valence-electron chi connectivity index (χ2n) is 8.73. The number of methoxy groups -OCH3 is 1. The Kier molecular flexibility index (Phi) is 5.03. The van der Waals surface area contributed by atoms with Gasteiger partial charge in [0.15, 0.2) is 0 Å². The number of aromatic nitrogens is 1. The van der Waals surface area contributed by atoms with Crippen molar-refractivity contribution in [3.8, 4) is 16.9 Å². The Balaban J connectivity index is 1.47. The monoisotopic (exact) mass is 454 g/mol. The van der Waals surface area contributed by atoms with Gasteiger partial charge < -0.3 is 15.9 Å². The lowest BCUT2D eigenvalue weighted by atomic mass is 9.87. The van der Waals surface area contributed by atoms with Crippen LogP contribution in [0.5, 0.6) is 5.75 Å². The Morgan fingerprint density at radius 3 is 2.61 bits per heavy atom. The number of nitrogens with zero attached hydrogens (tertiary/aromatic N) is 2. The molecule has 5 nitrogen and oxygen atoms in total. The molecule has 0 fully saturated rings. The zero-order valence-electron chi connectivity index (χ0n) is 18.6. The molecule has 1 unspecified atom stereocenters. The van der Waals surface area contributed by atoms with Crippen LogP contribution in [0.4, 0.5) is 5.69 Å². The summed E-state index contributed by atoms with van der Waals surface area (Å²) in [6.07, 6.45) is 5.27. The lowest BCUT2D eigenvalue weighted by Gasteiger charge is -2.20. The number of nitrogens with two attached hydrogens (primary N) is 1. The molecule has 0 spiro atoms. The number of nitrogens with one attached hydrogen (secondary N) is 1. The molecule has 1 atom stereocenters. The highest BCUT2D eigenvalue weighted by molar-refractivity contribution is 7.21. The van der Waals surface area contributed by atoms with E-state index >= 15 is 0 Å². The molecule has 1 aliphatic carbocycles. The number of rotatable bonds is 4. The maximum Gasteiger partial charge on any atom is 0.126 e. The second-order valence-corrected chi connectivity index (χ2v) is 9.73. The minimum absolute atomic E-state index is 0.174. The van der Waals surface area contributed by atoms with E-state index in [1.807, 2.05) is 18.2 Å². The zero-order valence-corrected chi connectivity index (χ0v) is 19.4. The van der Waals surface area contributed by atoms with Crippen LogP contribution >= 0.6 is 11.3 Å². The minimum Gasteiger partial charge on any atom is -0.497 e. The molecule has 166 valence electrons. The summed E-state index contributed by atoms with van der Waals surface area (Å²) in [5.74, 6) is 0.857. The first-order chi connectivity index (χ1) is 16.2. The largest absolute Gasteiger partial charge is 0.497 e. The number of fused-ring (bicyclic) bond motifs is 2. The van der Waals surface area contributed by atoms with Gasteiger partial charge in [0.25, 0.3) is 0 Å². The molecule has 3 heterocycles. The van der Waals surface area contributed by atoms with E-state index in [-0.39, 0.29) is 6.04 Å². The maximum atomic E-state index is 6.87. The van der Waals surface area contributed by atoms with Gasteiger partial charge in [-0.3, -0.25) is 0 Å². The lowest BCUT2D eigenvalue weighted by molar-refractivity contribution is 0.415. The summed E-state index contributed by atoms with van der Waals surface area (Å²) < 4.78 is 5.39. The third-order valence-corrected chi connectivity index (χ3v) is 7.90. The Hall–Kier alpha value is -3.38. The van der Waals surface area contributed by atoms with Gasteiger partial charge in [-0.2, -0.15) is 5.10 Å². The standard InChI is InChI=1S/C27H26N4OS/c1-32-18-13-11-17(12-14-18)23-19-9-5-6-10-20(19)29-27-24(23)25(28)26(33-27)22-15-21(30-31-22)16-7-3-2-4-8-16/h2-4,7-8,11-14,21,30H,5-6,9-10,15,28H2,1H3. The van der Waals surface area contributed by atoms with E-state index in [0.717, 1.165) is 51.5 Å². The average Bonchev–Trinajstić information content (AvgIpc) is 3.48. The molecule has 0 radical (unpaired) electrons. The molecule has 2 aromatic carbocycles. The van der Waals surface area contributed by atoms with Crippen LogP contribution in [0.2, 0.25) is 0 Å². The van der Waals surface area contributed by atoms with Crippen LogP contribution < -0.4 is 15.9 Å². The van der Waals surface area contributed by atoms with E-state index in [1.165, 1.54) is 40.8 Å². The smallest absolute Gasteiger partial charge is 0.126 e. The van der Waals surface area contributed by atoms with E-state index in [0.29, 0.717) is 0 Å². The Labute approximate surface area is 197 Å². The van der Waals surface area contributed by atoms with Crippen molar-refractivity contribution in [2.24, 2.45) is 5.10 Å². The van der Waals surface area contributed by atoms with Crippen LogP contribution in [-0.4, -0.2) is 17.8 Å². The van der Waals surface area contributed by atoms with Gasteiger partial charge in [0.2, 0.25) is 0 Å². The molecule has 33 heavy (non-hydrogen) atoms. The number of pyridine rings is 1. The van der Waals surface area contributed by atoms with Crippen LogP contribution in [-0.2, 0) is 12.8 Å². The van der Waals surface area contributed by atoms with Crippen LogP contribution in [0.3, 0.4) is 0 Å². The van der Waals surface area contributed by atoms with Crippen LogP contribution in [0.1, 0.15) is 47.0 Å². The van der Waals surface area contributed by atoms with Crippen LogP contribution in [0.25, 0.3) is 21.3 Å². The molecule has 0 saturated heterocycles. The number of hydrogen-bond acceptors (Lipinski definition) is 6. The van der Waals surface area contributed by atoms with Crippen LogP contribution in [0.15, 0.2) is 59.7 Å². The highest BCUT2D eigenvalue weighted by atomic mass is 32.1. The first-order valence-electron chi connectivity index (χ1n) is 11.5. The first-order valence-corrected chi connectivity index (χ1v) is 12.3. The van der Waals surface area contributed by atoms with Crippen molar-refractivity contribution in [2.45, 2.75) is 38.1 Å². The zero-order chi connectivity index (χ0) is 22.4. The number of hydrazone groups is 1. The molecule has 0 saturated carbocycles. The number of ether oxygens (including phenoxy) is 1. The molecule has 0 bridgehead atoms. The van der Waals surface area contributed by atoms with Crippen molar-refractivity contribution in [1.29, 1.82) is 0 Å². The number of hydrogen-bond donors (Lipinski definition) is 2. The van der Waals surface area contributed by atoms with Crippen molar-refractivity contribution in [1.82, 2.24) is 10.4 Å². The van der Waals surface area contributed by atoms with E-state index in [9.17, 15) is 0 Å². The molecule has 0 amide bonds. The lowest BCUT2D eigenvalue weighted by Crippen LogP contribution is -2.09. The summed E-state index contributed by atoms with van der Waals surface area (Å²) in [5.41, 5.74) is 18.2. The van der Waals surface area contributed by atoms with E-state index < -0.39 is 0 Å². The molecule has 3 N–H and O–H groups in total. The fraction of sp³-hybridized carbons (Fsp3) is 0.259. The van der Waals surface area contributed by atoms with E-state index in [1.54, 1.807) is 18.4 Å². The summed E-state index contributed by atoms with van der Waals surface area (Å²) in [7, 11) is 1.70. The van der Waals surface area contributed by atoms with Gasteiger partial charge >= 0.3 is 0 Å². The third kappa shape index (κ3) is 3.45. The average molecular weight is 455 g/mol. The predicted octanol–water partition coefficient (Wildman–Crippen LogP) is 5.87. The van der Waals surface area contributed by atoms with Gasteiger partial charge in [-0.15, -0.1) is 11.3 Å². The van der Waals surface area contributed by atoms with Gasteiger partial charge in [0.05, 0.1) is 29.4 Å². The quantitative estimate of drug-likeness (QED) is 0.404. The fourth-order valence-corrected chi connectivity index (χ4v) is 6.18. The van der Waals surface area contributed by atoms with Gasteiger partial charge in [0.1, 0.15) is 10.6 Å². The Morgan fingerprint density at radius 1 is 1.03 bits per heavy atom. The Bertz CT molecular complexity index is 1360. The van der Waals surface area contributed by atoms with Crippen molar-refractivity contribution in [3.63, 3.8) is 0 Å². The predicted molar refractivity (Wildman–Crippen MR) is 136 cm³/mol. The molecule has 6 heteroatoms. The van der Waals surface area contributed by atoms with Crippen molar-refractivity contribution < 1.29 is 4.74 Å². The second kappa shape index (κ2) is 8.19. The molecule has 1 aliphatic heterocycles. The first kappa shape index (κ1) is 20.2. The van der Waals surface area contributed by atoms with E-state index in [2.05, 4.69) is 41.8 Å².